The fourth-order valence-corrected chi connectivity index (χ4v) is 2.48. The Morgan fingerprint density at radius 3 is 1.97 bits per heavy atom. The van der Waals surface area contributed by atoms with Crippen molar-refractivity contribution in [1.29, 1.82) is 0 Å². The lowest BCUT2D eigenvalue weighted by Crippen LogP contribution is -2.31. The van der Waals surface area contributed by atoms with E-state index < -0.39 is 24.3 Å². The van der Waals surface area contributed by atoms with Gasteiger partial charge in [-0.25, -0.2) is 0 Å². The predicted molar refractivity (Wildman–Crippen MR) is 105 cm³/mol. The highest BCUT2D eigenvalue weighted by atomic mass is 16.5. The second kappa shape index (κ2) is 10.1. The first kappa shape index (κ1) is 21.7. The van der Waals surface area contributed by atoms with Crippen molar-refractivity contribution in [2.24, 2.45) is 0 Å². The van der Waals surface area contributed by atoms with Crippen LogP contribution in [0.4, 0.5) is 0 Å². The molecule has 0 aliphatic carbocycles. The minimum atomic E-state index is -0.730. The molecule has 0 saturated carbocycles. The van der Waals surface area contributed by atoms with Gasteiger partial charge in [0, 0.05) is 11.1 Å². The molecule has 8 nitrogen and oxygen atoms in total. The van der Waals surface area contributed by atoms with E-state index in [0.717, 1.165) is 5.56 Å². The van der Waals surface area contributed by atoms with E-state index in [2.05, 4.69) is 5.32 Å². The van der Waals surface area contributed by atoms with Crippen molar-refractivity contribution in [3.8, 4) is 17.2 Å². The van der Waals surface area contributed by atoms with Crippen molar-refractivity contribution in [2.75, 3.05) is 34.5 Å². The number of hydrogen-bond acceptors (Lipinski definition) is 7. The van der Waals surface area contributed by atoms with E-state index in [9.17, 15) is 14.4 Å². The van der Waals surface area contributed by atoms with Crippen LogP contribution in [0.5, 0.6) is 17.2 Å². The summed E-state index contributed by atoms with van der Waals surface area (Å²) in [6, 6.07) is 9.84. The fraction of sp³-hybridized carbons (Fsp3) is 0.286. The zero-order valence-corrected chi connectivity index (χ0v) is 16.7. The molecular weight excluding hydrogens is 378 g/mol. The second-order valence-electron chi connectivity index (χ2n) is 6.05. The molecule has 2 aromatic rings. The highest BCUT2D eigenvalue weighted by Gasteiger charge is 2.18. The first-order valence-corrected chi connectivity index (χ1v) is 8.73. The first-order valence-electron chi connectivity index (χ1n) is 8.73. The number of Topliss-reactive ketones (excluding diaryl/α,β-unsaturated/α-hetero) is 1. The van der Waals surface area contributed by atoms with Crippen LogP contribution in [-0.4, -0.2) is 52.1 Å². The summed E-state index contributed by atoms with van der Waals surface area (Å²) >= 11 is 0. The molecule has 0 aromatic heterocycles. The molecular formula is C21H23NO7. The standard InChI is InChI=1S/C21H23NO7/c1-13-5-7-14(8-6-13)21(25)22-11-19(24)29-12-16(23)15-9-17(26-2)20(28-4)18(10-15)27-3/h5-10H,11-12H2,1-4H3,(H,22,25). The van der Waals surface area contributed by atoms with E-state index >= 15 is 0 Å². The van der Waals surface area contributed by atoms with Gasteiger partial charge in [0.2, 0.25) is 11.5 Å². The number of benzene rings is 2. The lowest BCUT2D eigenvalue weighted by atomic mass is 10.1. The monoisotopic (exact) mass is 401 g/mol. The van der Waals surface area contributed by atoms with Crippen LogP contribution in [0.2, 0.25) is 0 Å². The molecule has 8 heteroatoms. The number of ether oxygens (including phenoxy) is 4. The third-order valence-electron chi connectivity index (χ3n) is 4.06. The summed E-state index contributed by atoms with van der Waals surface area (Å²) < 4.78 is 20.5. The summed E-state index contributed by atoms with van der Waals surface area (Å²) in [5.74, 6) is -0.618. The minimum absolute atomic E-state index is 0.232. The van der Waals surface area contributed by atoms with Gasteiger partial charge in [0.05, 0.1) is 21.3 Å². The van der Waals surface area contributed by atoms with Gasteiger partial charge in [0.15, 0.2) is 18.1 Å². The Morgan fingerprint density at radius 1 is 0.862 bits per heavy atom. The maximum atomic E-state index is 12.4. The van der Waals surface area contributed by atoms with Crippen molar-refractivity contribution >= 4 is 17.7 Å². The first-order chi connectivity index (χ1) is 13.9. The third kappa shape index (κ3) is 5.71. The van der Waals surface area contributed by atoms with Crippen LogP contribution < -0.4 is 19.5 Å². The van der Waals surface area contributed by atoms with Crippen molar-refractivity contribution < 1.29 is 33.3 Å². The van der Waals surface area contributed by atoms with Gasteiger partial charge in [0.25, 0.3) is 5.91 Å². The molecule has 154 valence electrons. The van der Waals surface area contributed by atoms with Gasteiger partial charge < -0.3 is 24.3 Å². The molecule has 1 amide bonds. The molecule has 0 saturated heterocycles. The highest BCUT2D eigenvalue weighted by Crippen LogP contribution is 2.38. The van der Waals surface area contributed by atoms with E-state index in [-0.39, 0.29) is 12.1 Å². The third-order valence-corrected chi connectivity index (χ3v) is 4.06. The molecule has 0 fully saturated rings. The van der Waals surface area contributed by atoms with Crippen molar-refractivity contribution in [2.45, 2.75) is 6.92 Å². The van der Waals surface area contributed by atoms with Gasteiger partial charge in [-0.05, 0) is 31.2 Å². The summed E-state index contributed by atoms with van der Waals surface area (Å²) in [6.45, 7) is 1.07. The van der Waals surface area contributed by atoms with Crippen LogP contribution in [-0.2, 0) is 9.53 Å². The second-order valence-corrected chi connectivity index (χ2v) is 6.05. The van der Waals surface area contributed by atoms with E-state index in [4.69, 9.17) is 18.9 Å². The van der Waals surface area contributed by atoms with Crippen LogP contribution in [0.1, 0.15) is 26.3 Å². The van der Waals surface area contributed by atoms with Crippen molar-refractivity contribution in [1.82, 2.24) is 5.32 Å². The molecule has 0 atom stereocenters. The summed E-state index contributed by atoms with van der Waals surface area (Å²) in [5, 5.41) is 2.45. The van der Waals surface area contributed by atoms with E-state index in [0.29, 0.717) is 22.8 Å². The molecule has 2 aromatic carbocycles. The zero-order valence-electron chi connectivity index (χ0n) is 16.7. The number of methoxy groups -OCH3 is 3. The van der Waals surface area contributed by atoms with Crippen molar-refractivity contribution in [3.63, 3.8) is 0 Å². The lowest BCUT2D eigenvalue weighted by Gasteiger charge is -2.13. The zero-order chi connectivity index (χ0) is 21.4. The Balaban J connectivity index is 1.92. The van der Waals surface area contributed by atoms with Crippen LogP contribution in [0.15, 0.2) is 36.4 Å². The molecule has 29 heavy (non-hydrogen) atoms. The maximum Gasteiger partial charge on any atom is 0.325 e. The Labute approximate surface area is 168 Å². The largest absolute Gasteiger partial charge is 0.493 e. The number of esters is 1. The number of nitrogens with one attached hydrogen (secondary N) is 1. The summed E-state index contributed by atoms with van der Waals surface area (Å²) in [7, 11) is 4.32. The van der Waals surface area contributed by atoms with Crippen LogP contribution in [0.25, 0.3) is 0 Å². The number of carbonyl (C=O) groups excluding carboxylic acids is 3. The fourth-order valence-electron chi connectivity index (χ4n) is 2.48. The van der Waals surface area contributed by atoms with E-state index in [1.54, 1.807) is 24.3 Å². The molecule has 0 bridgehead atoms. The van der Waals surface area contributed by atoms with Crippen molar-refractivity contribution in [3.05, 3.63) is 53.1 Å². The number of rotatable bonds is 9. The summed E-state index contributed by atoms with van der Waals surface area (Å²) in [5.41, 5.74) is 1.68. The van der Waals surface area contributed by atoms with Gasteiger partial charge in [-0.15, -0.1) is 0 Å². The molecule has 0 aliphatic rings. The Bertz CT molecular complexity index is 865. The Kier molecular flexibility index (Phi) is 7.59. The maximum absolute atomic E-state index is 12.4. The van der Waals surface area contributed by atoms with E-state index in [1.807, 2.05) is 6.92 Å². The van der Waals surface area contributed by atoms with Gasteiger partial charge in [0.1, 0.15) is 6.54 Å². The SMILES string of the molecule is COc1cc(C(=O)COC(=O)CNC(=O)c2ccc(C)cc2)cc(OC)c1OC. The molecule has 2 rings (SSSR count). The number of amides is 1. The Morgan fingerprint density at radius 2 is 1.45 bits per heavy atom. The number of carbonyl (C=O) groups is 3. The number of hydrogen-bond donors (Lipinski definition) is 1. The average Bonchev–Trinajstić information content (AvgIpc) is 2.74. The quantitative estimate of drug-likeness (QED) is 0.508. The number of aryl methyl sites for hydroxylation is 1. The molecule has 0 aliphatic heterocycles. The van der Waals surface area contributed by atoms with Crippen LogP contribution in [0, 0.1) is 6.92 Å². The van der Waals surface area contributed by atoms with E-state index in [1.165, 1.54) is 33.5 Å². The van der Waals surface area contributed by atoms with Crippen LogP contribution >= 0.6 is 0 Å². The van der Waals surface area contributed by atoms with Gasteiger partial charge in [-0.3, -0.25) is 14.4 Å². The van der Waals surface area contributed by atoms with Crippen LogP contribution in [0.3, 0.4) is 0 Å². The topological polar surface area (TPSA) is 100 Å². The molecule has 0 unspecified atom stereocenters. The average molecular weight is 401 g/mol. The molecule has 0 radical (unpaired) electrons. The van der Waals surface area contributed by atoms with Gasteiger partial charge in [-0.1, -0.05) is 17.7 Å². The minimum Gasteiger partial charge on any atom is -0.493 e. The Hall–Kier alpha value is -3.55. The highest BCUT2D eigenvalue weighted by molar-refractivity contribution is 5.99. The lowest BCUT2D eigenvalue weighted by molar-refractivity contribution is -0.141. The predicted octanol–water partition coefficient (Wildman–Crippen LogP) is 2.18. The summed E-state index contributed by atoms with van der Waals surface area (Å²) in [6.07, 6.45) is 0. The molecule has 0 heterocycles. The van der Waals surface area contributed by atoms with Gasteiger partial charge in [-0.2, -0.15) is 0 Å². The normalized spacial score (nSPS) is 10.1. The number of ketones is 1. The smallest absolute Gasteiger partial charge is 0.325 e. The van der Waals surface area contributed by atoms with Gasteiger partial charge >= 0.3 is 5.97 Å². The molecule has 0 spiro atoms. The summed E-state index contributed by atoms with van der Waals surface area (Å²) in [4.78, 5) is 36.2. The molecule has 1 N–H and O–H groups in total.